The van der Waals surface area contributed by atoms with Crippen LogP contribution >= 0.6 is 0 Å². The Morgan fingerprint density at radius 2 is 2.16 bits per heavy atom. The van der Waals surface area contributed by atoms with Crippen molar-refractivity contribution < 1.29 is 9.15 Å². The van der Waals surface area contributed by atoms with Gasteiger partial charge in [-0.3, -0.25) is 4.90 Å². The Hall–Kier alpha value is -1.32. The van der Waals surface area contributed by atoms with Gasteiger partial charge in [-0.25, -0.2) is 0 Å². The van der Waals surface area contributed by atoms with Crippen LogP contribution in [-0.4, -0.2) is 31.2 Å². The summed E-state index contributed by atoms with van der Waals surface area (Å²) in [5, 5.41) is 1.18. The summed E-state index contributed by atoms with van der Waals surface area (Å²) >= 11 is 0. The van der Waals surface area contributed by atoms with Crippen LogP contribution in [-0.2, 0) is 11.3 Å². The summed E-state index contributed by atoms with van der Waals surface area (Å²) in [5.74, 6) is 1.03. The van der Waals surface area contributed by atoms with Crippen LogP contribution in [0.1, 0.15) is 25.0 Å². The molecule has 102 valence electrons. The van der Waals surface area contributed by atoms with E-state index in [4.69, 9.17) is 9.15 Å². The molecule has 0 N–H and O–H groups in total. The van der Waals surface area contributed by atoms with Crippen molar-refractivity contribution in [3.05, 3.63) is 36.1 Å². The number of para-hydroxylation sites is 1. The molecule has 19 heavy (non-hydrogen) atoms. The van der Waals surface area contributed by atoms with E-state index in [9.17, 15) is 0 Å². The fourth-order valence-electron chi connectivity index (χ4n) is 2.74. The van der Waals surface area contributed by atoms with Crippen molar-refractivity contribution >= 4 is 11.0 Å². The zero-order valence-electron chi connectivity index (χ0n) is 11.5. The summed E-state index contributed by atoms with van der Waals surface area (Å²) in [6.07, 6.45) is 4.08. The first-order valence-electron chi connectivity index (χ1n) is 7.09. The average Bonchev–Trinajstić information content (AvgIpc) is 2.81. The molecule has 0 bridgehead atoms. The van der Waals surface area contributed by atoms with Crippen molar-refractivity contribution in [3.8, 4) is 0 Å². The number of likely N-dealkylation sites (N-methyl/N-ethyl adjacent to an activating group) is 1. The fourth-order valence-corrected chi connectivity index (χ4v) is 2.74. The Morgan fingerprint density at radius 1 is 1.26 bits per heavy atom. The van der Waals surface area contributed by atoms with Gasteiger partial charge in [0.25, 0.3) is 0 Å². The molecule has 0 aliphatic carbocycles. The minimum Gasteiger partial charge on any atom is -0.460 e. The van der Waals surface area contributed by atoms with Gasteiger partial charge >= 0.3 is 0 Å². The number of ether oxygens (including phenoxy) is 1. The van der Waals surface area contributed by atoms with E-state index in [1.54, 1.807) is 0 Å². The molecule has 3 heteroatoms. The lowest BCUT2D eigenvalue weighted by atomic mass is 10.1. The third-order valence-corrected chi connectivity index (χ3v) is 3.69. The maximum Gasteiger partial charge on any atom is 0.134 e. The van der Waals surface area contributed by atoms with Gasteiger partial charge in [-0.05, 0) is 38.4 Å². The van der Waals surface area contributed by atoms with Crippen LogP contribution in [0, 0.1) is 0 Å². The molecule has 1 aromatic heterocycles. The zero-order chi connectivity index (χ0) is 13.1. The molecule has 1 saturated heterocycles. The van der Waals surface area contributed by atoms with Crippen molar-refractivity contribution in [2.45, 2.75) is 31.9 Å². The first-order chi connectivity index (χ1) is 9.31. The Balaban J connectivity index is 1.60. The van der Waals surface area contributed by atoms with Gasteiger partial charge in [0.1, 0.15) is 11.3 Å². The number of fused-ring (bicyclic) bond motifs is 1. The molecule has 1 aliphatic heterocycles. The van der Waals surface area contributed by atoms with E-state index >= 15 is 0 Å². The number of hydrogen-bond donors (Lipinski definition) is 0. The minimum absolute atomic E-state index is 0.392. The molecular weight excluding hydrogens is 238 g/mol. The summed E-state index contributed by atoms with van der Waals surface area (Å²) in [6, 6.07) is 10.3. The van der Waals surface area contributed by atoms with E-state index in [1.165, 1.54) is 24.6 Å². The number of hydrogen-bond acceptors (Lipinski definition) is 3. The SMILES string of the molecule is CN(Cc1cc2ccccc2o1)C[C@@H]1CCCCO1. The maximum atomic E-state index is 5.85. The van der Waals surface area contributed by atoms with Gasteiger partial charge in [0.15, 0.2) is 0 Å². The van der Waals surface area contributed by atoms with Crippen molar-refractivity contribution in [1.29, 1.82) is 0 Å². The van der Waals surface area contributed by atoms with Crippen LogP contribution in [0.4, 0.5) is 0 Å². The Labute approximate surface area is 114 Å². The predicted molar refractivity (Wildman–Crippen MR) is 76.1 cm³/mol. The van der Waals surface area contributed by atoms with Gasteiger partial charge in [0.05, 0.1) is 12.6 Å². The van der Waals surface area contributed by atoms with E-state index in [-0.39, 0.29) is 0 Å². The van der Waals surface area contributed by atoms with E-state index in [0.29, 0.717) is 6.10 Å². The van der Waals surface area contributed by atoms with Crippen LogP contribution in [0.2, 0.25) is 0 Å². The highest BCUT2D eigenvalue weighted by molar-refractivity contribution is 5.77. The highest BCUT2D eigenvalue weighted by Gasteiger charge is 2.16. The molecule has 0 unspecified atom stereocenters. The summed E-state index contributed by atoms with van der Waals surface area (Å²) in [7, 11) is 2.13. The molecule has 0 spiro atoms. The van der Waals surface area contributed by atoms with Gasteiger partial charge in [-0.1, -0.05) is 18.2 Å². The van der Waals surface area contributed by atoms with E-state index in [2.05, 4.69) is 24.1 Å². The average molecular weight is 259 g/mol. The van der Waals surface area contributed by atoms with E-state index in [0.717, 1.165) is 31.0 Å². The van der Waals surface area contributed by atoms with Gasteiger partial charge < -0.3 is 9.15 Å². The van der Waals surface area contributed by atoms with Crippen LogP contribution in [0.3, 0.4) is 0 Å². The number of benzene rings is 1. The lowest BCUT2D eigenvalue weighted by molar-refractivity contribution is -0.00332. The number of rotatable bonds is 4. The summed E-state index contributed by atoms with van der Waals surface area (Å²) in [6.45, 7) is 2.74. The summed E-state index contributed by atoms with van der Waals surface area (Å²) < 4.78 is 11.6. The molecule has 3 rings (SSSR count). The van der Waals surface area contributed by atoms with Crippen LogP contribution in [0.5, 0.6) is 0 Å². The number of furan rings is 1. The second-order valence-electron chi connectivity index (χ2n) is 5.44. The van der Waals surface area contributed by atoms with Crippen molar-refractivity contribution in [1.82, 2.24) is 4.90 Å². The van der Waals surface area contributed by atoms with Crippen molar-refractivity contribution in [2.75, 3.05) is 20.2 Å². The lowest BCUT2D eigenvalue weighted by Crippen LogP contribution is -2.32. The quantitative estimate of drug-likeness (QED) is 0.841. The minimum atomic E-state index is 0.392. The fraction of sp³-hybridized carbons (Fsp3) is 0.500. The summed E-state index contributed by atoms with van der Waals surface area (Å²) in [4.78, 5) is 2.29. The van der Waals surface area contributed by atoms with Gasteiger partial charge in [-0.2, -0.15) is 0 Å². The Kier molecular flexibility index (Phi) is 3.85. The van der Waals surface area contributed by atoms with Crippen LogP contribution in [0.15, 0.2) is 34.7 Å². The molecule has 1 aliphatic rings. The van der Waals surface area contributed by atoms with Crippen molar-refractivity contribution in [2.24, 2.45) is 0 Å². The first kappa shape index (κ1) is 12.7. The first-order valence-corrected chi connectivity index (χ1v) is 7.09. The zero-order valence-corrected chi connectivity index (χ0v) is 11.5. The number of nitrogens with zero attached hydrogens (tertiary/aromatic N) is 1. The third kappa shape index (κ3) is 3.17. The largest absolute Gasteiger partial charge is 0.460 e. The molecular formula is C16H21NO2. The third-order valence-electron chi connectivity index (χ3n) is 3.69. The molecule has 2 heterocycles. The molecule has 1 fully saturated rings. The molecule has 1 aromatic carbocycles. The predicted octanol–water partition coefficient (Wildman–Crippen LogP) is 3.43. The normalized spacial score (nSPS) is 20.2. The highest BCUT2D eigenvalue weighted by Crippen LogP contribution is 2.20. The molecule has 2 aromatic rings. The molecule has 0 radical (unpaired) electrons. The van der Waals surface area contributed by atoms with Gasteiger partial charge in [-0.15, -0.1) is 0 Å². The highest BCUT2D eigenvalue weighted by atomic mass is 16.5. The molecule has 0 amide bonds. The molecule has 1 atom stereocenters. The smallest absolute Gasteiger partial charge is 0.134 e. The van der Waals surface area contributed by atoms with E-state index in [1.807, 2.05) is 18.2 Å². The lowest BCUT2D eigenvalue weighted by Gasteiger charge is -2.26. The molecule has 0 saturated carbocycles. The molecule has 3 nitrogen and oxygen atoms in total. The van der Waals surface area contributed by atoms with Gasteiger partial charge in [0.2, 0.25) is 0 Å². The van der Waals surface area contributed by atoms with Crippen LogP contribution < -0.4 is 0 Å². The van der Waals surface area contributed by atoms with Crippen molar-refractivity contribution in [3.63, 3.8) is 0 Å². The summed E-state index contributed by atoms with van der Waals surface area (Å²) in [5.41, 5.74) is 0.972. The monoisotopic (exact) mass is 259 g/mol. The Morgan fingerprint density at radius 3 is 2.95 bits per heavy atom. The standard InChI is InChI=1S/C16H21NO2/c1-17(11-14-7-4-5-9-18-14)12-15-10-13-6-2-3-8-16(13)19-15/h2-3,6,8,10,14H,4-5,7,9,11-12H2,1H3/t14-/m0/s1. The van der Waals surface area contributed by atoms with E-state index < -0.39 is 0 Å². The second kappa shape index (κ2) is 5.76. The van der Waals surface area contributed by atoms with Crippen LogP contribution in [0.25, 0.3) is 11.0 Å². The Bertz CT molecular complexity index is 495. The van der Waals surface area contributed by atoms with Gasteiger partial charge in [0, 0.05) is 18.5 Å². The maximum absolute atomic E-state index is 5.85. The second-order valence-corrected chi connectivity index (χ2v) is 5.44. The topological polar surface area (TPSA) is 25.6 Å².